The molecule has 3 N–H and O–H groups in total. The highest BCUT2D eigenvalue weighted by Gasteiger charge is 2.49. The van der Waals surface area contributed by atoms with Gasteiger partial charge in [0.15, 0.2) is 0 Å². The number of rotatable bonds is 7. The first-order valence-corrected chi connectivity index (χ1v) is 13.5. The number of likely N-dealkylation sites (tertiary alicyclic amines) is 2. The lowest BCUT2D eigenvalue weighted by Crippen LogP contribution is -2.46. The van der Waals surface area contributed by atoms with E-state index >= 15 is 0 Å². The van der Waals surface area contributed by atoms with Crippen LogP contribution in [0.1, 0.15) is 53.6 Å². The minimum atomic E-state index is -0.431. The molecular formula is C30H37N5O3. The summed E-state index contributed by atoms with van der Waals surface area (Å²) in [4.78, 5) is 33.0. The molecule has 8 nitrogen and oxygen atoms in total. The molecule has 38 heavy (non-hydrogen) atoms. The van der Waals surface area contributed by atoms with Gasteiger partial charge >= 0.3 is 0 Å². The molecule has 2 amide bonds. The van der Waals surface area contributed by atoms with Crippen molar-refractivity contribution in [2.24, 2.45) is 11.1 Å². The first-order chi connectivity index (χ1) is 18.5. The summed E-state index contributed by atoms with van der Waals surface area (Å²) >= 11 is 0. The summed E-state index contributed by atoms with van der Waals surface area (Å²) in [6, 6.07) is 13.6. The Hall–Kier alpha value is -3.65. The van der Waals surface area contributed by atoms with Gasteiger partial charge in [0.25, 0.3) is 5.91 Å². The van der Waals surface area contributed by atoms with Crippen molar-refractivity contribution >= 4 is 29.3 Å². The van der Waals surface area contributed by atoms with E-state index in [4.69, 9.17) is 15.9 Å². The summed E-state index contributed by atoms with van der Waals surface area (Å²) in [6.07, 6.45) is 7.22. The molecule has 3 aliphatic rings. The van der Waals surface area contributed by atoms with E-state index in [0.717, 1.165) is 31.7 Å². The fourth-order valence-electron chi connectivity index (χ4n) is 6.10. The van der Waals surface area contributed by atoms with E-state index in [1.54, 1.807) is 7.11 Å². The zero-order chi connectivity index (χ0) is 26.7. The molecule has 3 heterocycles. The molecule has 3 saturated heterocycles. The number of hydrogen-bond acceptors (Lipinski definition) is 6. The molecule has 0 aromatic heterocycles. The van der Waals surface area contributed by atoms with Gasteiger partial charge < -0.3 is 25.7 Å². The first kappa shape index (κ1) is 26.0. The number of carbonyl (C=O) groups excluding carboxylic acids is 2. The minimum Gasteiger partial charge on any atom is -0.496 e. The molecular weight excluding hydrogens is 478 g/mol. The molecule has 1 spiro atoms. The van der Waals surface area contributed by atoms with E-state index in [9.17, 15) is 9.59 Å². The van der Waals surface area contributed by atoms with E-state index in [-0.39, 0.29) is 11.8 Å². The van der Waals surface area contributed by atoms with Crippen LogP contribution in [0, 0.1) is 10.8 Å². The van der Waals surface area contributed by atoms with Crippen molar-refractivity contribution in [2.75, 3.05) is 44.7 Å². The van der Waals surface area contributed by atoms with Crippen LogP contribution in [-0.4, -0.2) is 67.7 Å². The Morgan fingerprint density at radius 2 is 1.71 bits per heavy atom. The largest absolute Gasteiger partial charge is 0.496 e. The van der Waals surface area contributed by atoms with Gasteiger partial charge in [0.05, 0.1) is 12.5 Å². The van der Waals surface area contributed by atoms with Gasteiger partial charge in [-0.05, 0) is 75.0 Å². The monoisotopic (exact) mass is 515 g/mol. The fourth-order valence-corrected chi connectivity index (χ4v) is 6.10. The number of allylic oxidation sites excluding steroid dienone is 1. The smallest absolute Gasteiger partial charge is 0.253 e. The number of nitrogens with two attached hydrogens (primary N) is 1. The molecule has 3 fully saturated rings. The maximum Gasteiger partial charge on any atom is 0.253 e. The summed E-state index contributed by atoms with van der Waals surface area (Å²) in [5.41, 5.74) is 9.23. The lowest BCUT2D eigenvalue weighted by Gasteiger charge is -2.38. The van der Waals surface area contributed by atoms with E-state index in [1.165, 1.54) is 30.8 Å². The number of amides is 2. The Balaban J connectivity index is 1.22. The summed E-state index contributed by atoms with van der Waals surface area (Å²) in [5.74, 6) is 0.737. The van der Waals surface area contributed by atoms with Gasteiger partial charge in [-0.15, -0.1) is 0 Å². The van der Waals surface area contributed by atoms with Gasteiger partial charge in [-0.2, -0.15) is 0 Å². The molecule has 2 aromatic carbocycles. The van der Waals surface area contributed by atoms with Gasteiger partial charge in [0, 0.05) is 67.0 Å². The van der Waals surface area contributed by atoms with E-state index < -0.39 is 5.41 Å². The molecule has 0 radical (unpaired) electrons. The topological polar surface area (TPSA) is 103 Å². The minimum absolute atomic E-state index is 0.0464. The third kappa shape index (κ3) is 4.92. The molecule has 200 valence electrons. The molecule has 2 aromatic rings. The van der Waals surface area contributed by atoms with Gasteiger partial charge in [-0.3, -0.25) is 14.5 Å². The number of nitrogens with one attached hydrogen (secondary N) is 1. The standard InChI is InChI=1S/C30H37N5O3/c1-38-27-18-25(8-9-26(27)24(19-31)20-32)35-17-12-30(29(35)37)10-15-34(16-11-30)28(36)23-6-4-22(5-7-23)21-33-13-2-3-14-33/h4-9,18-20,31H,2-3,10-17,21,32H2,1H3/b24-20+,31-19?. The lowest BCUT2D eigenvalue weighted by atomic mass is 9.77. The van der Waals surface area contributed by atoms with E-state index in [2.05, 4.69) is 17.0 Å². The highest BCUT2D eigenvalue weighted by Crippen LogP contribution is 2.44. The SMILES string of the molecule is COc1cc(N2CCC3(CCN(C(=O)c4ccc(CN5CCCC5)cc4)CC3)C2=O)ccc1/C(C=N)=C/N. The van der Waals surface area contributed by atoms with Crippen molar-refractivity contribution in [3.05, 3.63) is 65.4 Å². The van der Waals surface area contributed by atoms with Gasteiger partial charge in [-0.1, -0.05) is 12.1 Å². The van der Waals surface area contributed by atoms with Crippen LogP contribution < -0.4 is 15.4 Å². The van der Waals surface area contributed by atoms with E-state index in [1.807, 2.05) is 40.1 Å². The van der Waals surface area contributed by atoms with Crippen LogP contribution in [-0.2, 0) is 11.3 Å². The molecule has 0 unspecified atom stereocenters. The Bertz CT molecular complexity index is 1220. The number of ether oxygens (including phenoxy) is 1. The molecule has 0 bridgehead atoms. The average Bonchev–Trinajstić information content (AvgIpc) is 3.58. The summed E-state index contributed by atoms with van der Waals surface area (Å²) < 4.78 is 5.54. The highest BCUT2D eigenvalue weighted by molar-refractivity contribution is 6.09. The zero-order valence-electron chi connectivity index (χ0n) is 22.1. The zero-order valence-corrected chi connectivity index (χ0v) is 22.1. The average molecular weight is 516 g/mol. The molecule has 3 aliphatic heterocycles. The fraction of sp³-hybridized carbons (Fsp3) is 0.433. The molecule has 5 rings (SSSR count). The maximum absolute atomic E-state index is 13.6. The molecule has 0 aliphatic carbocycles. The highest BCUT2D eigenvalue weighted by atomic mass is 16.5. The van der Waals surface area contributed by atoms with Crippen molar-refractivity contribution < 1.29 is 14.3 Å². The normalized spacial score (nSPS) is 19.8. The van der Waals surface area contributed by atoms with Crippen LogP contribution in [0.2, 0.25) is 0 Å². The summed E-state index contributed by atoms with van der Waals surface area (Å²) in [6.45, 7) is 5.06. The van der Waals surface area contributed by atoms with Crippen molar-refractivity contribution in [1.82, 2.24) is 9.80 Å². The second kappa shape index (κ2) is 11.0. The number of piperidine rings is 1. The van der Waals surface area contributed by atoms with Crippen molar-refractivity contribution in [3.8, 4) is 5.75 Å². The second-order valence-electron chi connectivity index (χ2n) is 10.6. The number of carbonyl (C=O) groups is 2. The summed E-state index contributed by atoms with van der Waals surface area (Å²) in [7, 11) is 1.57. The summed E-state index contributed by atoms with van der Waals surface area (Å²) in [5, 5.41) is 7.58. The first-order valence-electron chi connectivity index (χ1n) is 13.5. The van der Waals surface area contributed by atoms with Crippen LogP contribution >= 0.6 is 0 Å². The molecule has 8 heteroatoms. The number of hydrogen-bond donors (Lipinski definition) is 2. The van der Waals surface area contributed by atoms with Gasteiger partial charge in [0.1, 0.15) is 5.75 Å². The number of anilines is 1. The van der Waals surface area contributed by atoms with Crippen molar-refractivity contribution in [2.45, 2.75) is 38.6 Å². The maximum atomic E-state index is 13.6. The van der Waals surface area contributed by atoms with Crippen molar-refractivity contribution in [3.63, 3.8) is 0 Å². The van der Waals surface area contributed by atoms with E-state index in [0.29, 0.717) is 54.9 Å². The third-order valence-electron chi connectivity index (χ3n) is 8.47. The molecule has 0 saturated carbocycles. The lowest BCUT2D eigenvalue weighted by molar-refractivity contribution is -0.127. The van der Waals surface area contributed by atoms with Gasteiger partial charge in [-0.25, -0.2) is 0 Å². The Morgan fingerprint density at radius 3 is 2.34 bits per heavy atom. The van der Waals surface area contributed by atoms with Crippen LogP contribution in [0.5, 0.6) is 5.75 Å². The van der Waals surface area contributed by atoms with Gasteiger partial charge in [0.2, 0.25) is 5.91 Å². The Labute approximate surface area is 224 Å². The van der Waals surface area contributed by atoms with Crippen LogP contribution in [0.15, 0.2) is 48.7 Å². The number of nitrogens with zero attached hydrogens (tertiary/aromatic N) is 3. The molecule has 0 atom stereocenters. The number of benzene rings is 2. The van der Waals surface area contributed by atoms with Crippen LogP contribution in [0.3, 0.4) is 0 Å². The van der Waals surface area contributed by atoms with Crippen LogP contribution in [0.4, 0.5) is 5.69 Å². The second-order valence-corrected chi connectivity index (χ2v) is 10.6. The van der Waals surface area contributed by atoms with Crippen LogP contribution in [0.25, 0.3) is 5.57 Å². The number of methoxy groups -OCH3 is 1. The predicted molar refractivity (Wildman–Crippen MR) is 149 cm³/mol. The Kier molecular flexibility index (Phi) is 7.51. The quantitative estimate of drug-likeness (QED) is 0.545. The Morgan fingerprint density at radius 1 is 1.03 bits per heavy atom. The third-order valence-corrected chi connectivity index (χ3v) is 8.47. The van der Waals surface area contributed by atoms with Crippen molar-refractivity contribution in [1.29, 1.82) is 5.41 Å². The predicted octanol–water partition coefficient (Wildman–Crippen LogP) is 3.90.